The molecule has 1 aliphatic heterocycles. The number of nitrogens with two attached hydrogens (primary N) is 2. The molecule has 1 unspecified atom stereocenters. The first-order chi connectivity index (χ1) is 9.81. The van der Waals surface area contributed by atoms with Gasteiger partial charge in [0.15, 0.2) is 11.8 Å². The zero-order valence-electron chi connectivity index (χ0n) is 11.0. The molecule has 5 atom stereocenters. The summed E-state index contributed by atoms with van der Waals surface area (Å²) in [7, 11) is 0. The van der Waals surface area contributed by atoms with Crippen molar-refractivity contribution in [3.8, 4) is 11.3 Å². The minimum atomic E-state index is -1.74. The van der Waals surface area contributed by atoms with Gasteiger partial charge in [-0.05, 0) is 18.5 Å². The Morgan fingerprint density at radius 3 is 2.86 bits per heavy atom. The summed E-state index contributed by atoms with van der Waals surface area (Å²) in [5.41, 5.74) is 8.81. The Bertz CT molecular complexity index is 654. The summed E-state index contributed by atoms with van der Waals surface area (Å²) >= 11 is 5.37. The van der Waals surface area contributed by atoms with Crippen molar-refractivity contribution in [3.05, 3.63) is 16.7 Å². The monoisotopic (exact) mass is 315 g/mol. The molecule has 1 saturated heterocycles. The van der Waals surface area contributed by atoms with Crippen LogP contribution in [0.5, 0.6) is 0 Å². The molecular weight excluding hydrogens is 302 g/mol. The third kappa shape index (κ3) is 2.59. The molecular formula is C11H14ClN5O4. The van der Waals surface area contributed by atoms with Crippen LogP contribution in [0, 0.1) is 11.3 Å². The molecule has 10 heteroatoms. The molecule has 21 heavy (non-hydrogen) atoms. The zero-order chi connectivity index (χ0) is 15.8. The molecule has 0 spiro atoms. The number of aliphatic hydroxyl groups excluding tert-OH is 2. The lowest BCUT2D eigenvalue weighted by Gasteiger charge is -2.26. The fourth-order valence-corrected chi connectivity index (χ4v) is 2.29. The predicted octanol–water partition coefficient (Wildman–Crippen LogP) is -2.24. The van der Waals surface area contributed by atoms with Gasteiger partial charge in [0.1, 0.15) is 18.0 Å². The summed E-state index contributed by atoms with van der Waals surface area (Å²) in [5.74, 6) is 2.32. The first kappa shape index (κ1) is 15.7. The van der Waals surface area contributed by atoms with Crippen LogP contribution < -0.4 is 17.2 Å². The van der Waals surface area contributed by atoms with Crippen LogP contribution in [-0.4, -0.2) is 48.8 Å². The van der Waals surface area contributed by atoms with E-state index in [1.807, 2.05) is 0 Å². The minimum Gasteiger partial charge on any atom is -0.391 e. The summed E-state index contributed by atoms with van der Waals surface area (Å²) in [5, 5.41) is 25.7. The largest absolute Gasteiger partial charge is 0.391 e. The van der Waals surface area contributed by atoms with Crippen molar-refractivity contribution in [2.45, 2.75) is 37.0 Å². The van der Waals surface area contributed by atoms with Crippen molar-refractivity contribution in [2.24, 2.45) is 5.73 Å². The number of anilines is 1. The van der Waals surface area contributed by atoms with Gasteiger partial charge in [0.05, 0.1) is 12.3 Å². The highest BCUT2D eigenvalue weighted by Crippen LogP contribution is 2.36. The summed E-state index contributed by atoms with van der Waals surface area (Å²) in [6.45, 7) is 1.41. The Balaban J connectivity index is 2.54. The lowest BCUT2D eigenvalue weighted by molar-refractivity contribution is -0.0816. The summed E-state index contributed by atoms with van der Waals surface area (Å²) in [4.78, 5) is 15.4. The van der Waals surface area contributed by atoms with Crippen LogP contribution in [0.3, 0.4) is 0 Å². The second kappa shape index (κ2) is 5.59. The molecule has 1 fully saturated rings. The van der Waals surface area contributed by atoms with E-state index < -0.39 is 35.8 Å². The quantitative estimate of drug-likeness (QED) is 0.447. The smallest absolute Gasteiger partial charge is 0.368 e. The number of nitrogen functional groups attached to an aromatic ring is 1. The standard InChI is InChI=1S/C11H14ClN5O4/c1-5(18)7-8(19)11(14,2-3-12)9(21-7)17-10(20)16-6(13)4-15-17/h4-5,7-9,18-19H,14H2,1H3,(H2,13,16,20)/t5-,7-,8+,9-,11?/m1/s1. The average molecular weight is 316 g/mol. The SMILES string of the molecule is C[C@@H](O)[C@H]1O[C@@H](n2ncc(N)nc2=O)C(N)(C#CCl)[C@H]1O. The highest BCUT2D eigenvalue weighted by atomic mass is 35.5. The number of hydrogen-bond acceptors (Lipinski definition) is 8. The predicted molar refractivity (Wildman–Crippen MR) is 72.8 cm³/mol. The Morgan fingerprint density at radius 2 is 2.33 bits per heavy atom. The summed E-state index contributed by atoms with van der Waals surface area (Å²) in [6, 6.07) is 0. The lowest BCUT2D eigenvalue weighted by atomic mass is 9.90. The number of aliphatic hydroxyl groups is 2. The van der Waals surface area contributed by atoms with Crippen LogP contribution in [0.2, 0.25) is 0 Å². The first-order valence-electron chi connectivity index (χ1n) is 5.96. The molecule has 0 radical (unpaired) electrons. The van der Waals surface area contributed by atoms with Gasteiger partial charge in [0, 0.05) is 5.38 Å². The Morgan fingerprint density at radius 1 is 1.67 bits per heavy atom. The van der Waals surface area contributed by atoms with Crippen LogP contribution in [0.1, 0.15) is 13.2 Å². The molecule has 1 aromatic heterocycles. The number of nitrogens with zero attached hydrogens (tertiary/aromatic N) is 3. The number of halogens is 1. The first-order valence-corrected chi connectivity index (χ1v) is 6.33. The number of rotatable bonds is 2. The van der Waals surface area contributed by atoms with Crippen molar-refractivity contribution in [2.75, 3.05) is 5.73 Å². The summed E-state index contributed by atoms with van der Waals surface area (Å²) < 4.78 is 6.24. The molecule has 0 aliphatic carbocycles. The van der Waals surface area contributed by atoms with E-state index in [2.05, 4.69) is 21.4 Å². The van der Waals surface area contributed by atoms with Gasteiger partial charge in [0.2, 0.25) is 0 Å². The summed E-state index contributed by atoms with van der Waals surface area (Å²) in [6.07, 6.45) is -3.66. The second-order valence-electron chi connectivity index (χ2n) is 4.70. The van der Waals surface area contributed by atoms with Crippen molar-refractivity contribution >= 4 is 17.4 Å². The van der Waals surface area contributed by atoms with E-state index in [0.717, 1.165) is 10.9 Å². The fraction of sp³-hybridized carbons (Fsp3) is 0.545. The minimum absolute atomic E-state index is 0.0760. The van der Waals surface area contributed by atoms with E-state index in [0.29, 0.717) is 0 Å². The fourth-order valence-electron chi connectivity index (χ4n) is 2.13. The van der Waals surface area contributed by atoms with Gasteiger partial charge < -0.3 is 26.4 Å². The molecule has 6 N–H and O–H groups in total. The Hall–Kier alpha value is -1.70. The topological polar surface area (TPSA) is 150 Å². The average Bonchev–Trinajstić information content (AvgIpc) is 2.64. The van der Waals surface area contributed by atoms with Crippen molar-refractivity contribution in [3.63, 3.8) is 0 Å². The van der Waals surface area contributed by atoms with Crippen LogP contribution in [0.15, 0.2) is 11.0 Å². The van der Waals surface area contributed by atoms with Gasteiger partial charge in [0.25, 0.3) is 0 Å². The van der Waals surface area contributed by atoms with Crippen LogP contribution >= 0.6 is 11.6 Å². The van der Waals surface area contributed by atoms with Gasteiger partial charge >= 0.3 is 5.69 Å². The highest BCUT2D eigenvalue weighted by Gasteiger charge is 2.56. The van der Waals surface area contributed by atoms with Crippen molar-refractivity contribution in [1.29, 1.82) is 0 Å². The van der Waals surface area contributed by atoms with E-state index in [4.69, 9.17) is 27.8 Å². The molecule has 0 bridgehead atoms. The zero-order valence-corrected chi connectivity index (χ0v) is 11.7. The maximum absolute atomic E-state index is 11.9. The molecule has 2 rings (SSSR count). The van der Waals surface area contributed by atoms with Crippen molar-refractivity contribution < 1.29 is 14.9 Å². The molecule has 0 amide bonds. The van der Waals surface area contributed by atoms with Gasteiger partial charge in [-0.25, -0.2) is 4.79 Å². The van der Waals surface area contributed by atoms with Gasteiger partial charge in [-0.1, -0.05) is 5.92 Å². The molecule has 114 valence electrons. The molecule has 1 aromatic rings. The maximum Gasteiger partial charge on any atom is 0.368 e. The highest BCUT2D eigenvalue weighted by molar-refractivity contribution is 6.30. The second-order valence-corrected chi connectivity index (χ2v) is 4.89. The third-order valence-corrected chi connectivity index (χ3v) is 3.29. The molecule has 0 aromatic carbocycles. The van der Waals surface area contributed by atoms with E-state index in [-0.39, 0.29) is 5.82 Å². The van der Waals surface area contributed by atoms with E-state index >= 15 is 0 Å². The Labute approximate surface area is 124 Å². The number of aromatic nitrogens is 3. The molecule has 2 heterocycles. The third-order valence-electron chi connectivity index (χ3n) is 3.19. The van der Waals surface area contributed by atoms with E-state index in [1.165, 1.54) is 6.92 Å². The molecule has 0 saturated carbocycles. The van der Waals surface area contributed by atoms with Gasteiger partial charge in [-0.15, -0.1) is 0 Å². The van der Waals surface area contributed by atoms with Crippen LogP contribution in [0.25, 0.3) is 0 Å². The van der Waals surface area contributed by atoms with E-state index in [1.54, 1.807) is 0 Å². The number of ether oxygens (including phenoxy) is 1. The van der Waals surface area contributed by atoms with Gasteiger partial charge in [-0.3, -0.25) is 0 Å². The Kier molecular flexibility index (Phi) is 4.18. The van der Waals surface area contributed by atoms with Crippen LogP contribution in [-0.2, 0) is 4.74 Å². The normalized spacial score (nSPS) is 33.3. The van der Waals surface area contributed by atoms with Gasteiger partial charge in [-0.2, -0.15) is 14.8 Å². The maximum atomic E-state index is 11.9. The molecule has 9 nitrogen and oxygen atoms in total. The van der Waals surface area contributed by atoms with Crippen molar-refractivity contribution in [1.82, 2.24) is 14.8 Å². The lowest BCUT2D eigenvalue weighted by Crippen LogP contribution is -2.55. The molecule has 1 aliphatic rings. The van der Waals surface area contributed by atoms with Crippen LogP contribution in [0.4, 0.5) is 5.82 Å². The number of hydrogen-bond donors (Lipinski definition) is 4. The van der Waals surface area contributed by atoms with E-state index in [9.17, 15) is 15.0 Å².